The molecule has 17 nitrogen and oxygen atoms in total. The van der Waals surface area contributed by atoms with E-state index in [1.54, 1.807) is 19.1 Å². The molecule has 1 amide bonds. The third-order valence-corrected chi connectivity index (χ3v) is 18.6. The maximum absolute atomic E-state index is 15.4. The van der Waals surface area contributed by atoms with E-state index in [2.05, 4.69) is 62.9 Å². The Morgan fingerprint density at radius 1 is 0.973 bits per heavy atom. The molecule has 3 atom stereocenters. The number of aliphatic hydroxyl groups is 1. The summed E-state index contributed by atoms with van der Waals surface area (Å²) in [5.41, 5.74) is 3.17. The van der Waals surface area contributed by atoms with Crippen molar-refractivity contribution in [2.75, 3.05) is 61.1 Å². The number of morpholine rings is 1. The van der Waals surface area contributed by atoms with Crippen LogP contribution in [0.3, 0.4) is 0 Å². The van der Waals surface area contributed by atoms with Crippen molar-refractivity contribution >= 4 is 55.4 Å². The molecule has 5 fully saturated rings. The number of benzene rings is 3. The number of halogens is 1. The number of nitro benzene ring substituents is 1. The van der Waals surface area contributed by atoms with Crippen molar-refractivity contribution in [2.45, 2.75) is 139 Å². The summed E-state index contributed by atoms with van der Waals surface area (Å²) in [6.07, 6.45) is 7.99. The molecule has 2 saturated carbocycles. The van der Waals surface area contributed by atoms with Crippen molar-refractivity contribution < 1.29 is 41.8 Å². The number of hydrogen-bond donors (Lipinski definition) is 4. The van der Waals surface area contributed by atoms with Crippen LogP contribution in [0.15, 0.2) is 77.8 Å². The number of nitro groups is 1. The molecule has 4 N–H and O–H groups in total. The number of nitrogens with zero attached hydrogens (tertiary/aromatic N) is 5. The minimum absolute atomic E-state index is 0.0153. The van der Waals surface area contributed by atoms with Gasteiger partial charge >= 0.3 is 0 Å². The Labute approximate surface area is 437 Å². The van der Waals surface area contributed by atoms with Gasteiger partial charge in [-0.15, -0.1) is 0 Å². The normalized spacial score (nSPS) is 25.8. The fourth-order valence-electron chi connectivity index (χ4n) is 12.9. The maximum Gasteiger partial charge on any atom is 0.293 e. The van der Waals surface area contributed by atoms with Gasteiger partial charge in [0.1, 0.15) is 28.9 Å². The molecule has 11 rings (SSSR count). The minimum Gasteiger partial charge on any atom is -0.468 e. The number of ether oxygens (including phenoxy) is 3. The van der Waals surface area contributed by atoms with E-state index in [-0.39, 0.29) is 52.1 Å². The van der Waals surface area contributed by atoms with E-state index in [9.17, 15) is 28.4 Å². The first kappa shape index (κ1) is 51.3. The number of carbonyl (C=O) groups excluding carboxylic acids is 1. The van der Waals surface area contributed by atoms with Gasteiger partial charge < -0.3 is 39.4 Å². The van der Waals surface area contributed by atoms with Gasteiger partial charge in [0.15, 0.2) is 0 Å². The van der Waals surface area contributed by atoms with E-state index in [0.29, 0.717) is 55.7 Å². The maximum atomic E-state index is 15.4. The number of aromatic nitrogens is 2. The molecule has 5 aromatic rings. The van der Waals surface area contributed by atoms with Crippen LogP contribution in [0.5, 0.6) is 5.88 Å². The number of H-pyrrole nitrogens is 1. The van der Waals surface area contributed by atoms with Gasteiger partial charge in [-0.05, 0) is 137 Å². The van der Waals surface area contributed by atoms with Crippen molar-refractivity contribution in [2.24, 2.45) is 11.3 Å². The highest BCUT2D eigenvalue weighted by Crippen LogP contribution is 2.54. The number of anilines is 4. The van der Waals surface area contributed by atoms with Crippen LogP contribution in [0.4, 0.5) is 32.8 Å². The number of carbonyl (C=O) groups is 1. The highest BCUT2D eigenvalue weighted by atomic mass is 32.2. The third kappa shape index (κ3) is 10.1. The van der Waals surface area contributed by atoms with Gasteiger partial charge in [0.2, 0.25) is 5.88 Å². The third-order valence-electron chi connectivity index (χ3n) is 17.3. The number of rotatable bonds is 12. The van der Waals surface area contributed by atoms with Gasteiger partial charge in [0.25, 0.3) is 21.6 Å². The van der Waals surface area contributed by atoms with E-state index in [1.165, 1.54) is 29.5 Å². The van der Waals surface area contributed by atoms with E-state index < -0.39 is 60.6 Å². The van der Waals surface area contributed by atoms with Gasteiger partial charge in [-0.2, -0.15) is 4.98 Å². The molecule has 1 spiro atoms. The largest absolute Gasteiger partial charge is 0.468 e. The first-order chi connectivity index (χ1) is 35.8. The van der Waals surface area contributed by atoms with Crippen molar-refractivity contribution in [1.29, 1.82) is 0 Å². The molecular weight excluding hydrogens is 980 g/mol. The van der Waals surface area contributed by atoms with Crippen LogP contribution >= 0.6 is 0 Å². The van der Waals surface area contributed by atoms with E-state index in [4.69, 9.17) is 19.2 Å². The molecule has 6 heterocycles. The van der Waals surface area contributed by atoms with Crippen LogP contribution in [0.1, 0.15) is 126 Å². The lowest BCUT2D eigenvalue weighted by Crippen LogP contribution is -2.58. The smallest absolute Gasteiger partial charge is 0.293 e. The summed E-state index contributed by atoms with van der Waals surface area (Å²) in [4.78, 5) is 40.7. The monoisotopic (exact) mass is 1050 g/mol. The van der Waals surface area contributed by atoms with Crippen LogP contribution in [-0.2, 0) is 19.5 Å². The van der Waals surface area contributed by atoms with Crippen molar-refractivity contribution in [3.8, 4) is 5.88 Å². The molecule has 0 unspecified atom stereocenters. The molecule has 0 bridgehead atoms. The topological polar surface area (TPSA) is 205 Å². The summed E-state index contributed by atoms with van der Waals surface area (Å²) in [5.74, 6) is -0.691. The molecule has 3 saturated heterocycles. The van der Waals surface area contributed by atoms with E-state index in [1.807, 2.05) is 30.9 Å². The van der Waals surface area contributed by atoms with Gasteiger partial charge in [0, 0.05) is 56.6 Å². The first-order valence-corrected chi connectivity index (χ1v) is 28.1. The minimum atomic E-state index is -4.69. The highest BCUT2D eigenvalue weighted by Gasteiger charge is 2.51. The molecule has 0 radical (unpaired) electrons. The standard InChI is InChI=1S/C56H69FN8O9S/c1-34(2)39-8-6-7-9-40(39)49-32-72-23-22-63(49)37-27-56(28-37)18-20-62(21-19-56)36-10-12-41(45(24-36)64-47-26-42-43(57)31-59-51(42)60-53(47)74-50-33-73-54(3,4)29-48(50)64)52(66)61-75(70,71)38-11-13-44(46(25-38)65(68)69)58-30-35-14-16-55(5,67)17-15-35/h6-13,24-26,31,34-35,37,48-50,58,67H,14-23,27-30,32-33H2,1-5H3,(H,59,60)(H,61,66)/t35?,48-,49-,50-,55?/m0/s1. The zero-order chi connectivity index (χ0) is 52.6. The number of amides is 1. The molecule has 2 aliphatic carbocycles. The van der Waals surface area contributed by atoms with Crippen LogP contribution in [-0.4, -0.2) is 115 Å². The highest BCUT2D eigenvalue weighted by molar-refractivity contribution is 7.90. The number of fused-ring (bicyclic) bond motifs is 3. The number of nitrogens with one attached hydrogen (secondary N) is 3. The molecule has 75 heavy (non-hydrogen) atoms. The Bertz CT molecular complexity index is 3100. The molecule has 19 heteroatoms. The van der Waals surface area contributed by atoms with Crippen LogP contribution in [0.2, 0.25) is 0 Å². The quantitative estimate of drug-likeness (QED) is 0.0679. The number of aromatic amines is 1. The Morgan fingerprint density at radius 3 is 2.48 bits per heavy atom. The van der Waals surface area contributed by atoms with Crippen molar-refractivity contribution in [3.63, 3.8) is 0 Å². The zero-order valence-electron chi connectivity index (χ0n) is 43.4. The molecule has 4 aliphatic heterocycles. The fourth-order valence-corrected chi connectivity index (χ4v) is 13.9. The van der Waals surface area contributed by atoms with Crippen LogP contribution in [0.25, 0.3) is 11.0 Å². The molecule has 3 aromatic carbocycles. The molecular formula is C56H69FN8O9S. The van der Waals surface area contributed by atoms with E-state index in [0.717, 1.165) is 76.5 Å². The number of sulfonamides is 1. The Hall–Kier alpha value is -5.86. The SMILES string of the molecule is CC(C)c1ccccc1[C@@H]1COCCN1C1CC2(CCN(c3ccc(C(=O)NS(=O)(=O)c4ccc(NCC5CCC(C)(O)CC5)c([N+](=O)[O-])c4)c(N4c5cc6c(F)c[nH]c6nc5O[C@H]5COC(C)(C)C[C@@H]54)c3)CC2)C1. The second-order valence-corrected chi connectivity index (χ2v) is 25.0. The summed E-state index contributed by atoms with van der Waals surface area (Å²) in [5, 5.41) is 26.2. The lowest BCUT2D eigenvalue weighted by atomic mass is 9.59. The average Bonchev–Trinajstić information content (AvgIpc) is 3.77. The summed E-state index contributed by atoms with van der Waals surface area (Å²) in [6, 6.07) is 19.6. The average molecular weight is 1050 g/mol. The molecule has 6 aliphatic rings. The zero-order valence-corrected chi connectivity index (χ0v) is 44.3. The molecule has 2 aromatic heterocycles. The lowest BCUT2D eigenvalue weighted by molar-refractivity contribution is -0.384. The molecule has 400 valence electrons. The van der Waals surface area contributed by atoms with Crippen LogP contribution in [0, 0.1) is 27.3 Å². The van der Waals surface area contributed by atoms with E-state index >= 15 is 4.39 Å². The second kappa shape index (κ2) is 19.6. The first-order valence-electron chi connectivity index (χ1n) is 26.7. The summed E-state index contributed by atoms with van der Waals surface area (Å²) < 4.78 is 65.1. The number of piperidine rings is 1. The van der Waals surface area contributed by atoms with Gasteiger partial charge in [-0.3, -0.25) is 19.8 Å². The predicted molar refractivity (Wildman–Crippen MR) is 284 cm³/mol. The fraction of sp³-hybridized carbons (Fsp3) is 0.536. The summed E-state index contributed by atoms with van der Waals surface area (Å²) in [7, 11) is -4.69. The Kier molecular flexibility index (Phi) is 13.4. The van der Waals surface area contributed by atoms with Gasteiger partial charge in [0.05, 0.1) is 69.6 Å². The van der Waals surface area contributed by atoms with Crippen LogP contribution < -0.4 is 24.6 Å². The second-order valence-electron chi connectivity index (χ2n) is 23.3. The Morgan fingerprint density at radius 2 is 1.73 bits per heavy atom. The Balaban J connectivity index is 0.889. The lowest BCUT2D eigenvalue weighted by Gasteiger charge is -2.57. The van der Waals surface area contributed by atoms with Gasteiger partial charge in [-0.25, -0.2) is 17.5 Å². The van der Waals surface area contributed by atoms with Gasteiger partial charge in [-0.1, -0.05) is 38.1 Å². The van der Waals surface area contributed by atoms with Crippen molar-refractivity contribution in [3.05, 3.63) is 106 Å². The number of pyridine rings is 1. The summed E-state index contributed by atoms with van der Waals surface area (Å²) >= 11 is 0. The van der Waals surface area contributed by atoms with Crippen molar-refractivity contribution in [1.82, 2.24) is 19.6 Å². The predicted octanol–water partition coefficient (Wildman–Crippen LogP) is 9.49. The summed E-state index contributed by atoms with van der Waals surface area (Å²) in [6.45, 7) is 14.7. The number of hydrogen-bond acceptors (Lipinski definition) is 14.